The van der Waals surface area contributed by atoms with Crippen molar-refractivity contribution in [2.45, 2.75) is 51.8 Å². The lowest BCUT2D eigenvalue weighted by atomic mass is 9.86. The van der Waals surface area contributed by atoms with Crippen LogP contribution in [0.25, 0.3) is 0 Å². The molecule has 1 N–H and O–H groups in total. The van der Waals surface area contributed by atoms with Crippen LogP contribution in [0.1, 0.15) is 62.3 Å². The van der Waals surface area contributed by atoms with Crippen molar-refractivity contribution in [3.63, 3.8) is 0 Å². The quantitative estimate of drug-likeness (QED) is 0.846. The molecule has 0 aromatic heterocycles. The first kappa shape index (κ1) is 15.0. The van der Waals surface area contributed by atoms with Gasteiger partial charge in [0.15, 0.2) is 6.10 Å². The fraction of sp³-hybridized carbons (Fsp3) is 0.571. The fourth-order valence-electron chi connectivity index (χ4n) is 2.09. The molecular weight excluding hydrogens is 241 g/mol. The summed E-state index contributed by atoms with van der Waals surface area (Å²) in [6.45, 7) is 7.30. The molecular formula is C14H19F3O. The van der Waals surface area contributed by atoms with Crippen LogP contribution in [0.5, 0.6) is 0 Å². The molecule has 0 aliphatic rings. The van der Waals surface area contributed by atoms with Crippen LogP contribution in [0.4, 0.5) is 13.2 Å². The van der Waals surface area contributed by atoms with Crippen LogP contribution >= 0.6 is 0 Å². The van der Waals surface area contributed by atoms with E-state index in [4.69, 9.17) is 0 Å². The SMILES string of the molecule is CC(C)c1cccc(C(C)C)c1C(O)C(F)(F)F. The van der Waals surface area contributed by atoms with E-state index in [0.717, 1.165) is 0 Å². The summed E-state index contributed by atoms with van der Waals surface area (Å²) in [7, 11) is 0. The second kappa shape index (κ2) is 5.31. The van der Waals surface area contributed by atoms with Crippen molar-refractivity contribution in [3.05, 3.63) is 34.9 Å². The Morgan fingerprint density at radius 3 is 1.61 bits per heavy atom. The summed E-state index contributed by atoms with van der Waals surface area (Å²) in [5.41, 5.74) is 1.15. The minimum Gasteiger partial charge on any atom is -0.379 e. The maximum atomic E-state index is 12.8. The highest BCUT2D eigenvalue weighted by Crippen LogP contribution is 2.40. The predicted molar refractivity (Wildman–Crippen MR) is 65.6 cm³/mol. The van der Waals surface area contributed by atoms with Crippen LogP contribution < -0.4 is 0 Å². The van der Waals surface area contributed by atoms with Gasteiger partial charge in [0, 0.05) is 0 Å². The van der Waals surface area contributed by atoms with Crippen LogP contribution in [0, 0.1) is 0 Å². The van der Waals surface area contributed by atoms with E-state index in [0.29, 0.717) is 11.1 Å². The number of rotatable bonds is 3. The zero-order valence-electron chi connectivity index (χ0n) is 11.0. The molecule has 1 rings (SSSR count). The van der Waals surface area contributed by atoms with E-state index < -0.39 is 12.3 Å². The van der Waals surface area contributed by atoms with E-state index in [-0.39, 0.29) is 17.4 Å². The molecule has 0 fully saturated rings. The third-order valence-electron chi connectivity index (χ3n) is 3.00. The smallest absolute Gasteiger partial charge is 0.379 e. The van der Waals surface area contributed by atoms with Gasteiger partial charge < -0.3 is 5.11 Å². The van der Waals surface area contributed by atoms with Crippen molar-refractivity contribution in [1.82, 2.24) is 0 Å². The average Bonchev–Trinajstić information content (AvgIpc) is 2.25. The summed E-state index contributed by atoms with van der Waals surface area (Å²) in [5.74, 6) is -0.119. The molecule has 0 radical (unpaired) electrons. The summed E-state index contributed by atoms with van der Waals surface area (Å²) in [6, 6.07) is 5.05. The number of halogens is 3. The predicted octanol–water partition coefficient (Wildman–Crippen LogP) is 4.53. The lowest BCUT2D eigenvalue weighted by Crippen LogP contribution is -2.23. The van der Waals surface area contributed by atoms with Gasteiger partial charge in [0.2, 0.25) is 0 Å². The Hall–Kier alpha value is -1.03. The molecule has 1 atom stereocenters. The number of benzene rings is 1. The highest BCUT2D eigenvalue weighted by atomic mass is 19.4. The number of aliphatic hydroxyl groups excluding tert-OH is 1. The molecule has 0 amide bonds. The van der Waals surface area contributed by atoms with Gasteiger partial charge in [-0.3, -0.25) is 0 Å². The molecule has 0 aliphatic heterocycles. The molecule has 0 spiro atoms. The maximum absolute atomic E-state index is 12.8. The molecule has 0 heterocycles. The summed E-state index contributed by atoms with van der Waals surface area (Å²) in [4.78, 5) is 0. The van der Waals surface area contributed by atoms with E-state index in [1.54, 1.807) is 18.2 Å². The van der Waals surface area contributed by atoms with Gasteiger partial charge in [-0.25, -0.2) is 0 Å². The van der Waals surface area contributed by atoms with Crippen LogP contribution in [-0.4, -0.2) is 11.3 Å². The van der Waals surface area contributed by atoms with Gasteiger partial charge in [0.25, 0.3) is 0 Å². The highest BCUT2D eigenvalue weighted by Gasteiger charge is 2.42. The lowest BCUT2D eigenvalue weighted by molar-refractivity contribution is -0.207. The van der Waals surface area contributed by atoms with Crippen molar-refractivity contribution in [2.24, 2.45) is 0 Å². The second-order valence-electron chi connectivity index (χ2n) is 5.10. The van der Waals surface area contributed by atoms with Crippen molar-refractivity contribution < 1.29 is 18.3 Å². The second-order valence-corrected chi connectivity index (χ2v) is 5.10. The van der Waals surface area contributed by atoms with Gasteiger partial charge in [-0.15, -0.1) is 0 Å². The van der Waals surface area contributed by atoms with Crippen molar-refractivity contribution >= 4 is 0 Å². The number of aliphatic hydroxyl groups is 1. The normalized spacial score (nSPS) is 14.3. The molecule has 4 heteroatoms. The van der Waals surface area contributed by atoms with Crippen LogP contribution in [0.2, 0.25) is 0 Å². The fourth-order valence-corrected chi connectivity index (χ4v) is 2.09. The summed E-state index contributed by atoms with van der Waals surface area (Å²) < 4.78 is 38.3. The molecule has 102 valence electrons. The topological polar surface area (TPSA) is 20.2 Å². The number of hydrogen-bond acceptors (Lipinski definition) is 1. The molecule has 0 bridgehead atoms. The molecule has 0 aliphatic carbocycles. The Kier molecular flexibility index (Phi) is 4.43. The van der Waals surface area contributed by atoms with Crippen molar-refractivity contribution in [3.8, 4) is 0 Å². The highest BCUT2D eigenvalue weighted by molar-refractivity contribution is 5.41. The molecule has 1 unspecified atom stereocenters. The van der Waals surface area contributed by atoms with Crippen molar-refractivity contribution in [2.75, 3.05) is 0 Å². The Balaban J connectivity index is 3.45. The minimum absolute atomic E-state index is 0.0231. The Bertz CT molecular complexity index is 382. The van der Waals surface area contributed by atoms with E-state index in [9.17, 15) is 18.3 Å². The summed E-state index contributed by atoms with van der Waals surface area (Å²) in [6.07, 6.45) is -7.04. The minimum atomic E-state index is -4.63. The third-order valence-corrected chi connectivity index (χ3v) is 3.00. The molecule has 0 saturated carbocycles. The largest absolute Gasteiger partial charge is 0.418 e. The van der Waals surface area contributed by atoms with Crippen LogP contribution in [-0.2, 0) is 0 Å². The summed E-state index contributed by atoms with van der Waals surface area (Å²) in [5, 5.41) is 9.59. The monoisotopic (exact) mass is 260 g/mol. The number of alkyl halides is 3. The van der Waals surface area contributed by atoms with E-state index >= 15 is 0 Å². The Morgan fingerprint density at radius 2 is 1.33 bits per heavy atom. The zero-order chi connectivity index (χ0) is 14.1. The molecule has 1 nitrogen and oxygen atoms in total. The van der Waals surface area contributed by atoms with Gasteiger partial charge in [0.1, 0.15) is 0 Å². The van der Waals surface area contributed by atoms with Gasteiger partial charge in [-0.2, -0.15) is 13.2 Å². The maximum Gasteiger partial charge on any atom is 0.418 e. The first-order chi connectivity index (χ1) is 8.16. The standard InChI is InChI=1S/C14H19F3O/c1-8(2)10-6-5-7-11(9(3)4)12(10)13(18)14(15,16)17/h5-9,13,18H,1-4H3. The van der Waals surface area contributed by atoms with Crippen LogP contribution in [0.15, 0.2) is 18.2 Å². The summed E-state index contributed by atoms with van der Waals surface area (Å²) >= 11 is 0. The number of hydrogen-bond donors (Lipinski definition) is 1. The molecule has 1 aromatic carbocycles. The molecule has 0 saturated heterocycles. The third kappa shape index (κ3) is 3.05. The Labute approximate surface area is 106 Å². The van der Waals surface area contributed by atoms with E-state index in [2.05, 4.69) is 0 Å². The molecule has 18 heavy (non-hydrogen) atoms. The first-order valence-electron chi connectivity index (χ1n) is 6.03. The van der Waals surface area contributed by atoms with Gasteiger partial charge in [0.05, 0.1) is 0 Å². The van der Waals surface area contributed by atoms with Gasteiger partial charge in [-0.05, 0) is 28.5 Å². The molecule has 1 aromatic rings. The first-order valence-corrected chi connectivity index (χ1v) is 6.03. The van der Waals surface area contributed by atoms with E-state index in [1.807, 2.05) is 27.7 Å². The van der Waals surface area contributed by atoms with E-state index in [1.165, 1.54) is 0 Å². The zero-order valence-corrected chi connectivity index (χ0v) is 11.0. The van der Waals surface area contributed by atoms with Gasteiger partial charge in [-0.1, -0.05) is 45.9 Å². The Morgan fingerprint density at radius 1 is 0.944 bits per heavy atom. The lowest BCUT2D eigenvalue weighted by Gasteiger charge is -2.24. The van der Waals surface area contributed by atoms with Crippen molar-refractivity contribution in [1.29, 1.82) is 0 Å². The average molecular weight is 260 g/mol. The van der Waals surface area contributed by atoms with Gasteiger partial charge >= 0.3 is 6.18 Å². The van der Waals surface area contributed by atoms with Crippen LogP contribution in [0.3, 0.4) is 0 Å².